The van der Waals surface area contributed by atoms with E-state index >= 15 is 0 Å². The van der Waals surface area contributed by atoms with Crippen LogP contribution in [0.2, 0.25) is 0 Å². The second-order valence-electron chi connectivity index (χ2n) is 7.26. The van der Waals surface area contributed by atoms with Gasteiger partial charge in [-0.2, -0.15) is 0 Å². The van der Waals surface area contributed by atoms with Crippen LogP contribution < -0.4 is 20.3 Å². The van der Waals surface area contributed by atoms with Crippen molar-refractivity contribution < 1.29 is 14.3 Å². The van der Waals surface area contributed by atoms with Crippen LogP contribution in [0.3, 0.4) is 0 Å². The van der Waals surface area contributed by atoms with E-state index in [9.17, 15) is 9.59 Å². The van der Waals surface area contributed by atoms with E-state index in [1.54, 1.807) is 35.4 Å². The van der Waals surface area contributed by atoms with Crippen molar-refractivity contribution >= 4 is 27.5 Å². The number of rotatable bonds is 8. The lowest BCUT2D eigenvalue weighted by Gasteiger charge is -2.11. The molecule has 1 aromatic carbocycles. The van der Waals surface area contributed by atoms with Gasteiger partial charge in [0, 0.05) is 23.9 Å². The van der Waals surface area contributed by atoms with Gasteiger partial charge in [0.2, 0.25) is 5.91 Å². The minimum absolute atomic E-state index is 0.0337. The quantitative estimate of drug-likeness (QED) is 0.559. The molecular formula is C22H25N3O4S. The fourth-order valence-corrected chi connectivity index (χ4v) is 4.92. The third-order valence-corrected chi connectivity index (χ3v) is 6.46. The molecule has 0 atom stereocenters. The Balaban J connectivity index is 1.29. The Hall–Kier alpha value is -2.87. The fourth-order valence-electron chi connectivity index (χ4n) is 3.70. The number of hydrogen-bond acceptors (Lipinski definition) is 6. The third-order valence-electron chi connectivity index (χ3n) is 5.26. The average Bonchev–Trinajstić information content (AvgIpc) is 3.16. The molecule has 158 valence electrons. The molecule has 0 saturated heterocycles. The molecule has 1 amide bonds. The van der Waals surface area contributed by atoms with Crippen molar-refractivity contribution in [1.29, 1.82) is 0 Å². The van der Waals surface area contributed by atoms with Crippen molar-refractivity contribution in [3.8, 4) is 11.5 Å². The van der Waals surface area contributed by atoms with Gasteiger partial charge >= 0.3 is 0 Å². The van der Waals surface area contributed by atoms with Crippen LogP contribution in [0.5, 0.6) is 11.5 Å². The van der Waals surface area contributed by atoms with Gasteiger partial charge in [0.25, 0.3) is 5.56 Å². The molecule has 30 heavy (non-hydrogen) atoms. The van der Waals surface area contributed by atoms with Crippen LogP contribution in [0.1, 0.15) is 29.7 Å². The van der Waals surface area contributed by atoms with Gasteiger partial charge in [-0.15, -0.1) is 11.3 Å². The molecule has 1 aliphatic rings. The molecule has 0 aliphatic heterocycles. The summed E-state index contributed by atoms with van der Waals surface area (Å²) in [5.74, 6) is 1.29. The summed E-state index contributed by atoms with van der Waals surface area (Å²) in [5.41, 5.74) is 1.14. The highest BCUT2D eigenvalue weighted by atomic mass is 32.1. The normalized spacial score (nSPS) is 13.1. The van der Waals surface area contributed by atoms with Gasteiger partial charge in [-0.1, -0.05) is 6.07 Å². The monoisotopic (exact) mass is 427 g/mol. The number of nitrogens with one attached hydrogen (secondary N) is 1. The number of aryl methyl sites for hydroxylation is 3. The first-order chi connectivity index (χ1) is 14.7. The zero-order valence-electron chi connectivity index (χ0n) is 17.0. The number of carbonyl (C=O) groups is 1. The molecule has 4 rings (SSSR count). The maximum atomic E-state index is 12.9. The summed E-state index contributed by atoms with van der Waals surface area (Å²) in [6.45, 7) is 1.06. The number of ether oxygens (including phenoxy) is 2. The van der Waals surface area contributed by atoms with Gasteiger partial charge in [0.1, 0.15) is 22.9 Å². The molecule has 0 radical (unpaired) electrons. The molecule has 8 heteroatoms. The van der Waals surface area contributed by atoms with Crippen LogP contribution in [-0.4, -0.2) is 35.7 Å². The van der Waals surface area contributed by atoms with E-state index in [0.29, 0.717) is 25.4 Å². The molecule has 0 saturated carbocycles. The van der Waals surface area contributed by atoms with Crippen LogP contribution in [0.15, 0.2) is 35.4 Å². The van der Waals surface area contributed by atoms with E-state index in [0.717, 1.165) is 35.2 Å². The van der Waals surface area contributed by atoms with E-state index in [-0.39, 0.29) is 17.9 Å². The maximum absolute atomic E-state index is 12.9. The number of benzene rings is 1. The lowest BCUT2D eigenvalue weighted by atomic mass is 9.97. The Morgan fingerprint density at radius 3 is 2.97 bits per heavy atom. The first-order valence-electron chi connectivity index (χ1n) is 10.2. The van der Waals surface area contributed by atoms with Crippen LogP contribution in [0.4, 0.5) is 0 Å². The fraction of sp³-hybridized carbons (Fsp3) is 0.409. The molecular weight excluding hydrogens is 402 g/mol. The summed E-state index contributed by atoms with van der Waals surface area (Å²) < 4.78 is 12.3. The van der Waals surface area contributed by atoms with Gasteiger partial charge in [-0.25, -0.2) is 4.98 Å². The lowest BCUT2D eigenvalue weighted by Crippen LogP contribution is -2.30. The molecule has 0 bridgehead atoms. The Bertz CT molecular complexity index is 1110. The number of thiophene rings is 1. The zero-order chi connectivity index (χ0) is 20.9. The molecule has 0 spiro atoms. The number of fused-ring (bicyclic) bond motifs is 3. The Morgan fingerprint density at radius 2 is 2.10 bits per heavy atom. The smallest absolute Gasteiger partial charge is 0.262 e. The molecule has 2 aromatic heterocycles. The number of carbonyl (C=O) groups excluding carboxylic acids is 1. The van der Waals surface area contributed by atoms with Gasteiger partial charge in [-0.05, 0) is 43.4 Å². The molecule has 1 aliphatic carbocycles. The highest BCUT2D eigenvalue weighted by Gasteiger charge is 2.20. The van der Waals surface area contributed by atoms with Crippen molar-refractivity contribution in [2.45, 2.75) is 38.6 Å². The van der Waals surface area contributed by atoms with E-state index < -0.39 is 0 Å². The van der Waals surface area contributed by atoms with Crippen molar-refractivity contribution in [3.05, 3.63) is 51.4 Å². The number of hydrogen-bond donors (Lipinski definition) is 1. The molecule has 1 N–H and O–H groups in total. The number of nitrogens with zero attached hydrogens (tertiary/aromatic N) is 2. The van der Waals surface area contributed by atoms with Gasteiger partial charge in [0.05, 0.1) is 25.4 Å². The lowest BCUT2D eigenvalue weighted by molar-refractivity contribution is -0.121. The first-order valence-corrected chi connectivity index (χ1v) is 11.0. The van der Waals surface area contributed by atoms with Gasteiger partial charge < -0.3 is 14.8 Å². The van der Waals surface area contributed by atoms with Crippen LogP contribution in [-0.2, 0) is 24.2 Å². The summed E-state index contributed by atoms with van der Waals surface area (Å²) in [6.07, 6.45) is 6.06. The Kier molecular flexibility index (Phi) is 6.32. The largest absolute Gasteiger partial charge is 0.497 e. The molecule has 7 nitrogen and oxygen atoms in total. The summed E-state index contributed by atoms with van der Waals surface area (Å²) in [6, 6.07) is 7.32. The minimum atomic E-state index is -0.122. The van der Waals surface area contributed by atoms with E-state index in [1.165, 1.54) is 16.9 Å². The SMILES string of the molecule is COc1cccc(OCCNC(=O)CCn2cnc3sc4c(c3c2=O)CCCC4)c1. The number of amides is 1. The highest BCUT2D eigenvalue weighted by Crippen LogP contribution is 2.33. The van der Waals surface area contributed by atoms with Crippen molar-refractivity contribution in [1.82, 2.24) is 14.9 Å². The third kappa shape index (κ3) is 4.48. The van der Waals surface area contributed by atoms with Crippen LogP contribution in [0, 0.1) is 0 Å². The van der Waals surface area contributed by atoms with Crippen molar-refractivity contribution in [2.75, 3.05) is 20.3 Å². The van der Waals surface area contributed by atoms with Gasteiger partial charge in [-0.3, -0.25) is 14.2 Å². The van der Waals surface area contributed by atoms with E-state index in [1.807, 2.05) is 18.2 Å². The summed E-state index contributed by atoms with van der Waals surface area (Å²) in [7, 11) is 1.60. The van der Waals surface area contributed by atoms with Crippen molar-refractivity contribution in [2.24, 2.45) is 0 Å². The average molecular weight is 428 g/mol. The van der Waals surface area contributed by atoms with Gasteiger partial charge in [0.15, 0.2) is 0 Å². The van der Waals surface area contributed by atoms with E-state index in [2.05, 4.69) is 10.3 Å². The second kappa shape index (κ2) is 9.30. The van der Waals surface area contributed by atoms with Crippen molar-refractivity contribution in [3.63, 3.8) is 0 Å². The van der Waals surface area contributed by atoms with Crippen LogP contribution in [0.25, 0.3) is 10.2 Å². The molecule has 2 heterocycles. The summed E-state index contributed by atoms with van der Waals surface area (Å²) in [4.78, 5) is 31.7. The summed E-state index contributed by atoms with van der Waals surface area (Å²) >= 11 is 1.64. The standard InChI is InChI=1S/C22H25N3O4S/c1-28-15-5-4-6-16(13-15)29-12-10-23-19(26)9-11-25-14-24-21-20(22(25)27)17-7-2-3-8-18(17)30-21/h4-6,13-14H,2-3,7-12H2,1H3,(H,23,26). The maximum Gasteiger partial charge on any atom is 0.262 e. The second-order valence-corrected chi connectivity index (χ2v) is 8.35. The minimum Gasteiger partial charge on any atom is -0.497 e. The Labute approximate surface area is 178 Å². The zero-order valence-corrected chi connectivity index (χ0v) is 17.8. The molecule has 0 fully saturated rings. The molecule has 3 aromatic rings. The Morgan fingerprint density at radius 1 is 1.27 bits per heavy atom. The molecule has 0 unspecified atom stereocenters. The first kappa shape index (κ1) is 20.4. The van der Waals surface area contributed by atoms with E-state index in [4.69, 9.17) is 9.47 Å². The number of methoxy groups -OCH3 is 1. The number of aromatic nitrogens is 2. The summed E-state index contributed by atoms with van der Waals surface area (Å²) in [5, 5.41) is 3.58. The highest BCUT2D eigenvalue weighted by molar-refractivity contribution is 7.18. The predicted molar refractivity (Wildman–Crippen MR) is 117 cm³/mol. The topological polar surface area (TPSA) is 82.4 Å². The van der Waals surface area contributed by atoms with Crippen LogP contribution >= 0.6 is 11.3 Å². The predicted octanol–water partition coefficient (Wildman–Crippen LogP) is 2.93.